The van der Waals surface area contributed by atoms with Gasteiger partial charge in [0.25, 0.3) is 0 Å². The smallest absolute Gasteiger partial charge is 0.247 e. The molecule has 0 saturated carbocycles. The highest BCUT2D eigenvalue weighted by molar-refractivity contribution is 5.92. The van der Waals surface area contributed by atoms with Gasteiger partial charge in [-0.1, -0.05) is 12.1 Å². The zero-order valence-electron chi connectivity index (χ0n) is 15.2. The van der Waals surface area contributed by atoms with E-state index in [-0.39, 0.29) is 11.9 Å². The second-order valence-corrected chi connectivity index (χ2v) is 6.67. The average Bonchev–Trinajstić information content (AvgIpc) is 3.36. The van der Waals surface area contributed by atoms with E-state index in [1.54, 1.807) is 17.0 Å². The van der Waals surface area contributed by atoms with Crippen molar-refractivity contribution >= 4 is 23.0 Å². The SMILES string of the molecule is CCn1c([C@@H]2CCCN2C(=O)/C=C\c2cnn(C)c2)nc2ccccc21. The summed E-state index contributed by atoms with van der Waals surface area (Å²) in [5.41, 5.74) is 3.06. The van der Waals surface area contributed by atoms with Crippen LogP contribution < -0.4 is 0 Å². The topological polar surface area (TPSA) is 56.0 Å². The van der Waals surface area contributed by atoms with Gasteiger partial charge in [-0.3, -0.25) is 9.48 Å². The molecule has 1 amide bonds. The monoisotopic (exact) mass is 349 g/mol. The Balaban J connectivity index is 1.62. The van der Waals surface area contributed by atoms with E-state index < -0.39 is 0 Å². The zero-order chi connectivity index (χ0) is 18.1. The van der Waals surface area contributed by atoms with Crippen LogP contribution in [0.2, 0.25) is 0 Å². The van der Waals surface area contributed by atoms with Gasteiger partial charge in [-0.05, 0) is 38.0 Å². The van der Waals surface area contributed by atoms with Crippen LogP contribution in [0, 0.1) is 0 Å². The number of benzene rings is 1. The Kier molecular flexibility index (Phi) is 4.32. The van der Waals surface area contributed by atoms with Gasteiger partial charge in [0, 0.05) is 38.0 Å². The van der Waals surface area contributed by atoms with Crippen molar-refractivity contribution in [3.8, 4) is 0 Å². The summed E-state index contributed by atoms with van der Waals surface area (Å²) in [5, 5.41) is 4.13. The molecule has 1 atom stereocenters. The van der Waals surface area contributed by atoms with E-state index in [4.69, 9.17) is 4.98 Å². The fraction of sp³-hybridized carbons (Fsp3) is 0.350. The molecule has 3 aromatic rings. The van der Waals surface area contributed by atoms with E-state index in [2.05, 4.69) is 22.7 Å². The summed E-state index contributed by atoms with van der Waals surface area (Å²) in [4.78, 5) is 19.6. The molecule has 26 heavy (non-hydrogen) atoms. The van der Waals surface area contributed by atoms with Gasteiger partial charge in [0.1, 0.15) is 5.82 Å². The molecular weight excluding hydrogens is 326 g/mol. The summed E-state index contributed by atoms with van der Waals surface area (Å²) in [6, 6.07) is 8.21. The highest BCUT2D eigenvalue weighted by Gasteiger charge is 2.32. The molecule has 134 valence electrons. The van der Waals surface area contributed by atoms with Crippen LogP contribution in [0.1, 0.15) is 37.2 Å². The third-order valence-electron chi connectivity index (χ3n) is 4.98. The molecule has 0 unspecified atom stereocenters. The number of likely N-dealkylation sites (tertiary alicyclic amines) is 1. The van der Waals surface area contributed by atoms with Crippen molar-refractivity contribution in [2.24, 2.45) is 7.05 Å². The van der Waals surface area contributed by atoms with Crippen LogP contribution >= 0.6 is 0 Å². The molecule has 1 aliphatic heterocycles. The minimum absolute atomic E-state index is 0.0334. The maximum absolute atomic E-state index is 12.8. The molecule has 0 bridgehead atoms. The zero-order valence-corrected chi connectivity index (χ0v) is 15.2. The number of para-hydroxylation sites is 2. The summed E-state index contributed by atoms with van der Waals surface area (Å²) in [5.74, 6) is 1.03. The largest absolute Gasteiger partial charge is 0.329 e. The highest BCUT2D eigenvalue weighted by Crippen LogP contribution is 2.33. The van der Waals surface area contributed by atoms with Crippen molar-refractivity contribution in [3.63, 3.8) is 0 Å². The Morgan fingerprint density at radius 2 is 2.19 bits per heavy atom. The first-order chi connectivity index (χ1) is 12.7. The number of hydrogen-bond donors (Lipinski definition) is 0. The van der Waals surface area contributed by atoms with E-state index in [9.17, 15) is 4.79 Å². The maximum atomic E-state index is 12.8. The molecular formula is C20H23N5O. The number of carbonyl (C=O) groups excluding carboxylic acids is 1. The molecule has 6 nitrogen and oxygen atoms in total. The molecule has 1 aliphatic rings. The third-order valence-corrected chi connectivity index (χ3v) is 4.98. The number of fused-ring (bicyclic) bond motifs is 1. The van der Waals surface area contributed by atoms with Crippen LogP contribution in [0.25, 0.3) is 17.1 Å². The summed E-state index contributed by atoms with van der Waals surface area (Å²) >= 11 is 0. The summed E-state index contributed by atoms with van der Waals surface area (Å²) in [7, 11) is 1.87. The fourth-order valence-corrected chi connectivity index (χ4v) is 3.77. The number of carbonyl (C=O) groups is 1. The lowest BCUT2D eigenvalue weighted by Crippen LogP contribution is -2.30. The normalized spacial score (nSPS) is 17.6. The Labute approximate surface area is 152 Å². The van der Waals surface area contributed by atoms with E-state index in [1.807, 2.05) is 42.4 Å². The van der Waals surface area contributed by atoms with Gasteiger partial charge in [0.15, 0.2) is 0 Å². The molecule has 3 heterocycles. The molecule has 0 spiro atoms. The lowest BCUT2D eigenvalue weighted by atomic mass is 10.2. The minimum atomic E-state index is 0.0334. The first-order valence-electron chi connectivity index (χ1n) is 9.10. The standard InChI is InChI=1S/C20H23N5O/c1-3-24-17-8-5-4-7-16(17)22-20(24)18-9-6-12-25(18)19(26)11-10-15-13-21-23(2)14-15/h4-5,7-8,10-11,13-14,18H,3,6,9,12H2,1-2H3/b11-10-/t18-/m0/s1. The number of aromatic nitrogens is 4. The molecule has 0 radical (unpaired) electrons. The lowest BCUT2D eigenvalue weighted by molar-refractivity contribution is -0.127. The first-order valence-corrected chi connectivity index (χ1v) is 9.10. The summed E-state index contributed by atoms with van der Waals surface area (Å²) in [6.45, 7) is 3.74. The molecule has 1 aromatic carbocycles. The van der Waals surface area contributed by atoms with Gasteiger partial charge < -0.3 is 9.47 Å². The Morgan fingerprint density at radius 1 is 1.35 bits per heavy atom. The Bertz CT molecular complexity index is 968. The predicted octanol–water partition coefficient (Wildman–Crippen LogP) is 3.17. The van der Waals surface area contributed by atoms with Crippen LogP contribution in [0.4, 0.5) is 0 Å². The van der Waals surface area contributed by atoms with Crippen LogP contribution in [-0.4, -0.2) is 36.7 Å². The van der Waals surface area contributed by atoms with Crippen molar-refractivity contribution < 1.29 is 4.79 Å². The van der Waals surface area contributed by atoms with Crippen molar-refractivity contribution in [2.45, 2.75) is 32.4 Å². The van der Waals surface area contributed by atoms with Crippen molar-refractivity contribution in [2.75, 3.05) is 6.54 Å². The van der Waals surface area contributed by atoms with E-state index >= 15 is 0 Å². The first kappa shape index (κ1) is 16.6. The van der Waals surface area contributed by atoms with Gasteiger partial charge in [-0.15, -0.1) is 0 Å². The van der Waals surface area contributed by atoms with Crippen molar-refractivity contribution in [3.05, 3.63) is 54.1 Å². The highest BCUT2D eigenvalue weighted by atomic mass is 16.2. The molecule has 0 N–H and O–H groups in total. The predicted molar refractivity (Wildman–Crippen MR) is 101 cm³/mol. The molecule has 1 saturated heterocycles. The molecule has 4 rings (SSSR count). The van der Waals surface area contributed by atoms with Gasteiger partial charge in [-0.2, -0.15) is 5.10 Å². The number of rotatable bonds is 4. The Hall–Kier alpha value is -2.89. The van der Waals surface area contributed by atoms with Crippen LogP contribution in [-0.2, 0) is 18.4 Å². The molecule has 2 aromatic heterocycles. The number of amides is 1. The number of imidazole rings is 1. The summed E-state index contributed by atoms with van der Waals surface area (Å²) < 4.78 is 3.96. The van der Waals surface area contributed by atoms with Gasteiger partial charge in [0.2, 0.25) is 5.91 Å². The molecule has 1 fully saturated rings. The van der Waals surface area contributed by atoms with Gasteiger partial charge >= 0.3 is 0 Å². The maximum Gasteiger partial charge on any atom is 0.247 e. The van der Waals surface area contributed by atoms with Gasteiger partial charge in [0.05, 0.1) is 23.3 Å². The quantitative estimate of drug-likeness (QED) is 0.680. The Morgan fingerprint density at radius 3 is 2.96 bits per heavy atom. The number of hydrogen-bond acceptors (Lipinski definition) is 3. The van der Waals surface area contributed by atoms with E-state index in [1.165, 1.54) is 0 Å². The number of aryl methyl sites for hydroxylation is 2. The lowest BCUT2D eigenvalue weighted by Gasteiger charge is -2.23. The van der Waals surface area contributed by atoms with Crippen LogP contribution in [0.5, 0.6) is 0 Å². The second kappa shape index (κ2) is 6.78. The average molecular weight is 349 g/mol. The minimum Gasteiger partial charge on any atom is -0.329 e. The fourth-order valence-electron chi connectivity index (χ4n) is 3.77. The third kappa shape index (κ3) is 2.92. The van der Waals surface area contributed by atoms with E-state index in [0.29, 0.717) is 0 Å². The van der Waals surface area contributed by atoms with Crippen molar-refractivity contribution in [1.82, 2.24) is 24.2 Å². The van der Waals surface area contributed by atoms with Crippen LogP contribution in [0.3, 0.4) is 0 Å². The summed E-state index contributed by atoms with van der Waals surface area (Å²) in [6.07, 6.45) is 9.07. The van der Waals surface area contributed by atoms with E-state index in [0.717, 1.165) is 48.4 Å². The van der Waals surface area contributed by atoms with Crippen molar-refractivity contribution in [1.29, 1.82) is 0 Å². The number of nitrogens with zero attached hydrogens (tertiary/aromatic N) is 5. The molecule has 6 heteroatoms. The van der Waals surface area contributed by atoms with Gasteiger partial charge in [-0.25, -0.2) is 4.98 Å². The molecule has 0 aliphatic carbocycles. The second-order valence-electron chi connectivity index (χ2n) is 6.67. The van der Waals surface area contributed by atoms with Crippen LogP contribution in [0.15, 0.2) is 42.7 Å².